The summed E-state index contributed by atoms with van der Waals surface area (Å²) in [6.45, 7) is 0. The van der Waals surface area contributed by atoms with E-state index in [2.05, 4.69) is 15.9 Å². The minimum Gasteiger partial charge on any atom is -0.496 e. The summed E-state index contributed by atoms with van der Waals surface area (Å²) in [4.78, 5) is 22.2. The Morgan fingerprint density at radius 2 is 2.18 bits per heavy atom. The third kappa shape index (κ3) is 3.54. The molecule has 0 radical (unpaired) electrons. The maximum absolute atomic E-state index is 11.7. The van der Waals surface area contributed by atoms with Gasteiger partial charge in [0.25, 0.3) is 0 Å². The average molecular weight is 302 g/mol. The van der Waals surface area contributed by atoms with Crippen LogP contribution in [0, 0.1) is 0 Å². The molecular formula is C11H12BrNO4. The maximum atomic E-state index is 11.7. The summed E-state index contributed by atoms with van der Waals surface area (Å²) in [7, 11) is 1.52. The summed E-state index contributed by atoms with van der Waals surface area (Å²) in [5.74, 6) is -0.904. The van der Waals surface area contributed by atoms with Gasteiger partial charge < -0.3 is 15.6 Å². The topological polar surface area (TPSA) is 89.6 Å². The van der Waals surface area contributed by atoms with E-state index in [0.29, 0.717) is 15.8 Å². The number of ether oxygens (including phenoxy) is 1. The number of rotatable bonds is 5. The molecule has 5 nitrogen and oxygen atoms in total. The van der Waals surface area contributed by atoms with Crippen molar-refractivity contribution in [2.24, 2.45) is 5.73 Å². The van der Waals surface area contributed by atoms with Crippen molar-refractivity contribution < 1.29 is 19.4 Å². The number of carbonyl (C=O) groups excluding carboxylic acids is 1. The summed E-state index contributed by atoms with van der Waals surface area (Å²) < 4.78 is 5.66. The molecule has 0 aromatic heterocycles. The lowest BCUT2D eigenvalue weighted by molar-refractivity contribution is -0.138. The predicted molar refractivity (Wildman–Crippen MR) is 65.3 cm³/mol. The number of Topliss-reactive ketones (excluding diaryl/α,β-unsaturated/α-hetero) is 1. The van der Waals surface area contributed by atoms with Crippen LogP contribution < -0.4 is 10.5 Å². The number of hydrogen-bond acceptors (Lipinski definition) is 4. The van der Waals surface area contributed by atoms with E-state index in [9.17, 15) is 9.59 Å². The molecule has 6 heteroatoms. The van der Waals surface area contributed by atoms with Gasteiger partial charge in [0, 0.05) is 12.0 Å². The Bertz CT molecular complexity index is 447. The summed E-state index contributed by atoms with van der Waals surface area (Å²) in [5, 5.41) is 8.61. The second kappa shape index (κ2) is 5.79. The van der Waals surface area contributed by atoms with Gasteiger partial charge in [-0.25, -0.2) is 0 Å². The Balaban J connectivity index is 2.83. The molecule has 0 fully saturated rings. The molecule has 1 rings (SSSR count). The Hall–Kier alpha value is -1.40. The summed E-state index contributed by atoms with van der Waals surface area (Å²) >= 11 is 3.25. The maximum Gasteiger partial charge on any atom is 0.320 e. The minimum atomic E-state index is -1.19. The molecule has 0 amide bonds. The fourth-order valence-electron chi connectivity index (χ4n) is 1.24. The van der Waals surface area contributed by atoms with Crippen LogP contribution in [0.4, 0.5) is 0 Å². The molecule has 0 aliphatic heterocycles. The van der Waals surface area contributed by atoms with Gasteiger partial charge in [0.2, 0.25) is 0 Å². The van der Waals surface area contributed by atoms with Crippen molar-refractivity contribution in [2.75, 3.05) is 7.11 Å². The van der Waals surface area contributed by atoms with Crippen LogP contribution in [0.3, 0.4) is 0 Å². The normalized spacial score (nSPS) is 11.9. The molecule has 0 aliphatic rings. The van der Waals surface area contributed by atoms with E-state index in [1.165, 1.54) is 7.11 Å². The standard InChI is InChI=1S/C11H12BrNO4/c1-17-10-3-2-6(4-7(10)12)9(14)5-8(13)11(15)16/h2-4,8H,5,13H2,1H3,(H,15,16). The quantitative estimate of drug-likeness (QED) is 0.803. The molecule has 0 saturated carbocycles. The number of carbonyl (C=O) groups is 2. The van der Waals surface area contributed by atoms with Gasteiger partial charge in [-0.15, -0.1) is 0 Å². The Kier molecular flexibility index (Phi) is 4.65. The molecule has 0 aliphatic carbocycles. The van der Waals surface area contributed by atoms with Gasteiger partial charge in [0.15, 0.2) is 5.78 Å². The van der Waals surface area contributed by atoms with Crippen LogP contribution in [-0.4, -0.2) is 30.0 Å². The highest BCUT2D eigenvalue weighted by Gasteiger charge is 2.18. The van der Waals surface area contributed by atoms with E-state index in [0.717, 1.165) is 0 Å². The first kappa shape index (κ1) is 13.7. The number of halogens is 1. The van der Waals surface area contributed by atoms with Crippen molar-refractivity contribution in [2.45, 2.75) is 12.5 Å². The molecule has 0 heterocycles. The zero-order chi connectivity index (χ0) is 13.0. The number of hydrogen-bond donors (Lipinski definition) is 2. The molecule has 1 aromatic rings. The molecule has 1 atom stereocenters. The first-order valence-electron chi connectivity index (χ1n) is 4.81. The second-order valence-corrected chi connectivity index (χ2v) is 4.28. The molecule has 0 spiro atoms. The van der Waals surface area contributed by atoms with Crippen molar-refractivity contribution in [1.82, 2.24) is 0 Å². The van der Waals surface area contributed by atoms with E-state index in [-0.39, 0.29) is 12.2 Å². The average Bonchev–Trinajstić information content (AvgIpc) is 2.28. The van der Waals surface area contributed by atoms with Gasteiger partial charge in [-0.3, -0.25) is 9.59 Å². The van der Waals surface area contributed by atoms with Crippen molar-refractivity contribution in [3.05, 3.63) is 28.2 Å². The fourth-order valence-corrected chi connectivity index (χ4v) is 1.79. The van der Waals surface area contributed by atoms with Crippen LogP contribution in [0.1, 0.15) is 16.8 Å². The zero-order valence-corrected chi connectivity index (χ0v) is 10.7. The Morgan fingerprint density at radius 1 is 1.53 bits per heavy atom. The van der Waals surface area contributed by atoms with Crippen LogP contribution in [0.15, 0.2) is 22.7 Å². The first-order valence-corrected chi connectivity index (χ1v) is 5.60. The summed E-state index contributed by atoms with van der Waals surface area (Å²) in [6, 6.07) is 3.60. The van der Waals surface area contributed by atoms with Crippen LogP contribution >= 0.6 is 15.9 Å². The van der Waals surface area contributed by atoms with Gasteiger partial charge in [-0.2, -0.15) is 0 Å². The minimum absolute atomic E-state index is 0.228. The van der Waals surface area contributed by atoms with E-state index in [4.69, 9.17) is 15.6 Å². The van der Waals surface area contributed by atoms with Crippen LogP contribution in [0.2, 0.25) is 0 Å². The molecule has 92 valence electrons. The number of carboxylic acid groups (broad SMARTS) is 1. The van der Waals surface area contributed by atoms with E-state index >= 15 is 0 Å². The van der Waals surface area contributed by atoms with Crippen molar-refractivity contribution >= 4 is 27.7 Å². The number of nitrogens with two attached hydrogens (primary N) is 1. The van der Waals surface area contributed by atoms with Gasteiger partial charge in [-0.05, 0) is 34.1 Å². The predicted octanol–water partition coefficient (Wildman–Crippen LogP) is 1.44. The molecule has 0 bridgehead atoms. The molecular weight excluding hydrogens is 290 g/mol. The third-order valence-electron chi connectivity index (χ3n) is 2.20. The highest BCUT2D eigenvalue weighted by Crippen LogP contribution is 2.26. The van der Waals surface area contributed by atoms with E-state index in [1.807, 2.05) is 0 Å². The Morgan fingerprint density at radius 3 is 2.65 bits per heavy atom. The summed E-state index contributed by atoms with van der Waals surface area (Å²) in [5.41, 5.74) is 5.69. The third-order valence-corrected chi connectivity index (χ3v) is 2.82. The number of aliphatic carboxylic acids is 1. The van der Waals surface area contributed by atoms with Gasteiger partial charge >= 0.3 is 5.97 Å². The highest BCUT2D eigenvalue weighted by molar-refractivity contribution is 9.10. The summed E-state index contributed by atoms with van der Waals surface area (Å²) in [6.07, 6.45) is -0.228. The highest BCUT2D eigenvalue weighted by atomic mass is 79.9. The van der Waals surface area contributed by atoms with Crippen molar-refractivity contribution in [3.8, 4) is 5.75 Å². The lowest BCUT2D eigenvalue weighted by Crippen LogP contribution is -2.32. The van der Waals surface area contributed by atoms with E-state index in [1.54, 1.807) is 18.2 Å². The van der Waals surface area contributed by atoms with Crippen LogP contribution in [0.5, 0.6) is 5.75 Å². The van der Waals surface area contributed by atoms with Crippen molar-refractivity contribution in [3.63, 3.8) is 0 Å². The smallest absolute Gasteiger partial charge is 0.320 e. The molecule has 17 heavy (non-hydrogen) atoms. The largest absolute Gasteiger partial charge is 0.496 e. The van der Waals surface area contributed by atoms with Gasteiger partial charge in [0.1, 0.15) is 11.8 Å². The monoisotopic (exact) mass is 301 g/mol. The van der Waals surface area contributed by atoms with E-state index < -0.39 is 12.0 Å². The van der Waals surface area contributed by atoms with Crippen molar-refractivity contribution in [1.29, 1.82) is 0 Å². The lowest BCUT2D eigenvalue weighted by atomic mass is 10.0. The Labute approximate surface area is 107 Å². The fraction of sp³-hybridized carbons (Fsp3) is 0.273. The molecule has 3 N–H and O–H groups in total. The first-order chi connectivity index (χ1) is 7.95. The molecule has 1 aromatic carbocycles. The zero-order valence-electron chi connectivity index (χ0n) is 9.14. The number of benzene rings is 1. The van der Waals surface area contributed by atoms with Crippen LogP contribution in [0.25, 0.3) is 0 Å². The molecule has 0 saturated heterocycles. The lowest BCUT2D eigenvalue weighted by Gasteiger charge is -2.07. The number of methoxy groups -OCH3 is 1. The number of carboxylic acids is 1. The van der Waals surface area contributed by atoms with Gasteiger partial charge in [-0.1, -0.05) is 0 Å². The second-order valence-electron chi connectivity index (χ2n) is 3.42. The molecule has 1 unspecified atom stereocenters. The van der Waals surface area contributed by atoms with Gasteiger partial charge in [0.05, 0.1) is 11.6 Å². The van der Waals surface area contributed by atoms with Crippen LogP contribution in [-0.2, 0) is 4.79 Å². The SMILES string of the molecule is COc1ccc(C(=O)CC(N)C(=O)O)cc1Br. The number of ketones is 1.